The number of anilines is 1. The predicted molar refractivity (Wildman–Crippen MR) is 140 cm³/mol. The van der Waals surface area contributed by atoms with E-state index >= 15 is 0 Å². The third kappa shape index (κ3) is 4.95. The normalized spacial score (nSPS) is 15.8. The molecule has 1 aliphatic rings. The van der Waals surface area contributed by atoms with Gasteiger partial charge in [-0.3, -0.25) is 14.6 Å². The summed E-state index contributed by atoms with van der Waals surface area (Å²) in [5.74, 6) is -4.85. The molecule has 0 spiro atoms. The monoisotopic (exact) mass is 507 g/mol. The SMILES string of the molecule is CCC(F)(F)c1cccc(CC(=O)C2C(=O)N(c3ccc(SC)c(-c4ncccc4C)c3)N=C2C)c1. The molecule has 1 atom stereocenters. The molecule has 186 valence electrons. The zero-order chi connectivity index (χ0) is 26.0. The van der Waals surface area contributed by atoms with Gasteiger partial charge in [0.1, 0.15) is 5.92 Å². The van der Waals surface area contributed by atoms with Crippen molar-refractivity contribution in [2.24, 2.45) is 11.0 Å². The molecule has 1 aliphatic heterocycles. The summed E-state index contributed by atoms with van der Waals surface area (Å²) in [4.78, 5) is 32.0. The van der Waals surface area contributed by atoms with Gasteiger partial charge in [-0.1, -0.05) is 31.2 Å². The highest BCUT2D eigenvalue weighted by molar-refractivity contribution is 7.98. The number of hydrogen-bond donors (Lipinski definition) is 0. The molecule has 0 radical (unpaired) electrons. The molecule has 8 heteroatoms. The molecule has 5 nitrogen and oxygen atoms in total. The van der Waals surface area contributed by atoms with Gasteiger partial charge in [0.2, 0.25) is 0 Å². The van der Waals surface area contributed by atoms with Crippen molar-refractivity contribution in [2.45, 2.75) is 44.4 Å². The number of pyridine rings is 1. The second-order valence-corrected chi connectivity index (χ2v) is 9.63. The van der Waals surface area contributed by atoms with Crippen LogP contribution >= 0.6 is 11.8 Å². The molecule has 0 N–H and O–H groups in total. The van der Waals surface area contributed by atoms with E-state index in [4.69, 9.17) is 0 Å². The summed E-state index contributed by atoms with van der Waals surface area (Å²) in [6, 6.07) is 15.2. The van der Waals surface area contributed by atoms with Gasteiger partial charge in [-0.25, -0.2) is 8.78 Å². The largest absolute Gasteiger partial charge is 0.298 e. The van der Waals surface area contributed by atoms with Crippen molar-refractivity contribution < 1.29 is 18.4 Å². The maximum atomic E-state index is 14.1. The predicted octanol–water partition coefficient (Wildman–Crippen LogP) is 6.43. The number of thioether (sulfide) groups is 1. The molecular formula is C28H27F2N3O2S. The highest BCUT2D eigenvalue weighted by Gasteiger charge is 2.39. The fourth-order valence-corrected chi connectivity index (χ4v) is 4.90. The molecule has 0 saturated heterocycles. The number of amides is 1. The number of halogens is 2. The lowest BCUT2D eigenvalue weighted by Gasteiger charge is -2.17. The lowest BCUT2D eigenvalue weighted by Crippen LogP contribution is -2.33. The lowest BCUT2D eigenvalue weighted by atomic mass is 9.92. The highest BCUT2D eigenvalue weighted by atomic mass is 32.2. The Morgan fingerprint density at radius 2 is 1.89 bits per heavy atom. The molecular weight excluding hydrogens is 480 g/mol. The Morgan fingerprint density at radius 3 is 2.58 bits per heavy atom. The van der Waals surface area contributed by atoms with Crippen LogP contribution in [0, 0.1) is 12.8 Å². The van der Waals surface area contributed by atoms with Crippen LogP contribution in [0.4, 0.5) is 14.5 Å². The first-order valence-corrected chi connectivity index (χ1v) is 12.9. The van der Waals surface area contributed by atoms with E-state index in [9.17, 15) is 18.4 Å². The van der Waals surface area contributed by atoms with Gasteiger partial charge in [0.15, 0.2) is 5.78 Å². The van der Waals surface area contributed by atoms with Crippen LogP contribution in [0.15, 0.2) is 70.8 Å². The Hall–Kier alpha value is -3.39. The smallest absolute Gasteiger partial charge is 0.273 e. The Balaban J connectivity index is 1.60. The molecule has 36 heavy (non-hydrogen) atoms. The first-order chi connectivity index (χ1) is 17.2. The van der Waals surface area contributed by atoms with Crippen molar-refractivity contribution in [2.75, 3.05) is 11.3 Å². The molecule has 1 aromatic heterocycles. The Labute approximate surface area is 213 Å². The number of nitrogens with zero attached hydrogens (tertiary/aromatic N) is 3. The molecule has 0 fully saturated rings. The fourth-order valence-electron chi connectivity index (χ4n) is 4.32. The second kappa shape index (κ2) is 10.3. The molecule has 3 aromatic rings. The molecule has 1 unspecified atom stereocenters. The maximum absolute atomic E-state index is 14.1. The maximum Gasteiger partial charge on any atom is 0.273 e. The van der Waals surface area contributed by atoms with E-state index < -0.39 is 17.7 Å². The number of aromatic nitrogens is 1. The number of aryl methyl sites for hydroxylation is 1. The van der Waals surface area contributed by atoms with Crippen molar-refractivity contribution in [1.29, 1.82) is 0 Å². The summed E-state index contributed by atoms with van der Waals surface area (Å²) in [6.45, 7) is 5.03. The Morgan fingerprint density at radius 1 is 1.11 bits per heavy atom. The molecule has 4 rings (SSSR count). The summed E-state index contributed by atoms with van der Waals surface area (Å²) < 4.78 is 28.3. The number of alkyl halides is 2. The number of hydrazone groups is 1. The quantitative estimate of drug-likeness (QED) is 0.260. The molecule has 0 aliphatic carbocycles. The van der Waals surface area contributed by atoms with E-state index in [0.717, 1.165) is 21.7 Å². The zero-order valence-corrected chi connectivity index (χ0v) is 21.4. The summed E-state index contributed by atoms with van der Waals surface area (Å²) in [5, 5.41) is 5.65. The third-order valence-electron chi connectivity index (χ3n) is 6.32. The number of hydrogen-bond acceptors (Lipinski definition) is 5. The Kier molecular flexibility index (Phi) is 7.36. The Bertz CT molecular complexity index is 1360. The first kappa shape index (κ1) is 25.7. The van der Waals surface area contributed by atoms with Crippen LogP contribution < -0.4 is 5.01 Å². The van der Waals surface area contributed by atoms with Gasteiger partial charge in [0.25, 0.3) is 11.8 Å². The van der Waals surface area contributed by atoms with Crippen LogP contribution in [0.1, 0.15) is 37.0 Å². The minimum Gasteiger partial charge on any atom is -0.298 e. The van der Waals surface area contributed by atoms with Crippen LogP contribution in [0.3, 0.4) is 0 Å². The second-order valence-electron chi connectivity index (χ2n) is 8.78. The van der Waals surface area contributed by atoms with Crippen LogP contribution in [0.5, 0.6) is 0 Å². The van der Waals surface area contributed by atoms with E-state index in [0.29, 0.717) is 17.0 Å². The average Bonchev–Trinajstić information content (AvgIpc) is 3.17. The van der Waals surface area contributed by atoms with Crippen molar-refractivity contribution >= 4 is 34.9 Å². The standard InChI is InChI=1S/C28H27F2N3O2S/c1-5-28(29,30)20-10-6-9-19(14-20)15-23(34)25-18(3)32-33(27(25)35)21-11-12-24(36-4)22(16-21)26-17(2)8-7-13-31-26/h6-14,16,25H,5,15H2,1-4H3. The summed E-state index contributed by atoms with van der Waals surface area (Å²) in [7, 11) is 0. The van der Waals surface area contributed by atoms with Gasteiger partial charge in [-0.15, -0.1) is 11.8 Å². The number of carbonyl (C=O) groups excluding carboxylic acids is 2. The van der Waals surface area contributed by atoms with Gasteiger partial charge in [-0.05, 0) is 61.6 Å². The number of carbonyl (C=O) groups is 2. The fraction of sp³-hybridized carbons (Fsp3) is 0.286. The average molecular weight is 508 g/mol. The van der Waals surface area contributed by atoms with Gasteiger partial charge in [-0.2, -0.15) is 10.1 Å². The molecule has 1 amide bonds. The topological polar surface area (TPSA) is 62.6 Å². The van der Waals surface area contributed by atoms with Crippen molar-refractivity contribution in [3.8, 4) is 11.3 Å². The lowest BCUT2D eigenvalue weighted by molar-refractivity contribution is -0.128. The van der Waals surface area contributed by atoms with E-state index in [1.807, 2.05) is 37.4 Å². The van der Waals surface area contributed by atoms with Crippen molar-refractivity contribution in [1.82, 2.24) is 4.98 Å². The van der Waals surface area contributed by atoms with Crippen LogP contribution in [0.25, 0.3) is 11.3 Å². The van der Waals surface area contributed by atoms with Gasteiger partial charge in [0.05, 0.1) is 17.1 Å². The van der Waals surface area contributed by atoms with E-state index in [2.05, 4.69) is 10.1 Å². The molecule has 2 aromatic carbocycles. The third-order valence-corrected chi connectivity index (χ3v) is 7.11. The molecule has 2 heterocycles. The van der Waals surface area contributed by atoms with Crippen LogP contribution in [-0.4, -0.2) is 28.6 Å². The minimum absolute atomic E-state index is 0.130. The summed E-state index contributed by atoms with van der Waals surface area (Å²) in [6.07, 6.45) is 3.23. The van der Waals surface area contributed by atoms with E-state index in [1.165, 1.54) is 30.1 Å². The van der Waals surface area contributed by atoms with Crippen molar-refractivity contribution in [3.05, 3.63) is 77.5 Å². The van der Waals surface area contributed by atoms with E-state index in [-0.39, 0.29) is 24.2 Å². The van der Waals surface area contributed by atoms with Crippen LogP contribution in [-0.2, 0) is 21.9 Å². The number of rotatable bonds is 8. The minimum atomic E-state index is -2.97. The van der Waals surface area contributed by atoms with Crippen molar-refractivity contribution in [3.63, 3.8) is 0 Å². The van der Waals surface area contributed by atoms with Gasteiger partial charge in [0, 0.05) is 35.1 Å². The number of ketones is 1. The number of benzene rings is 2. The number of Topliss-reactive ketones (excluding diaryl/α,β-unsaturated/α-hetero) is 1. The first-order valence-electron chi connectivity index (χ1n) is 11.6. The van der Waals surface area contributed by atoms with Gasteiger partial charge >= 0.3 is 0 Å². The van der Waals surface area contributed by atoms with E-state index in [1.54, 1.807) is 37.0 Å². The highest BCUT2D eigenvalue weighted by Crippen LogP contribution is 2.36. The molecule has 0 bridgehead atoms. The zero-order valence-electron chi connectivity index (χ0n) is 20.6. The molecule has 0 saturated carbocycles. The summed E-state index contributed by atoms with van der Waals surface area (Å²) >= 11 is 1.58. The summed E-state index contributed by atoms with van der Waals surface area (Å²) in [5.41, 5.74) is 3.92. The van der Waals surface area contributed by atoms with Gasteiger partial charge < -0.3 is 0 Å². The van der Waals surface area contributed by atoms with Crippen LogP contribution in [0.2, 0.25) is 0 Å².